The lowest BCUT2D eigenvalue weighted by Crippen LogP contribution is -2.51. The highest BCUT2D eigenvalue weighted by Gasteiger charge is 2.27. The van der Waals surface area contributed by atoms with Crippen LogP contribution in [0.2, 0.25) is 10.0 Å². The summed E-state index contributed by atoms with van der Waals surface area (Å²) in [6, 6.07) is 6.62. The normalized spacial score (nSPS) is 14.3. The van der Waals surface area contributed by atoms with E-state index in [0.717, 1.165) is 0 Å². The number of benzene rings is 1. The van der Waals surface area contributed by atoms with Crippen molar-refractivity contribution in [2.75, 3.05) is 18.0 Å². The molecule has 1 N–H and O–H groups in total. The third kappa shape index (κ3) is 2.85. The van der Waals surface area contributed by atoms with Crippen LogP contribution in [0, 0.1) is 18.3 Å². The minimum atomic E-state index is -0.407. The maximum Gasteiger partial charge on any atom is 0.191 e. The Bertz CT molecular complexity index is 1150. The van der Waals surface area contributed by atoms with Crippen molar-refractivity contribution >= 4 is 39.8 Å². The summed E-state index contributed by atoms with van der Waals surface area (Å²) >= 11 is 12.8. The number of nitriles is 1. The Hall–Kier alpha value is -2.59. The highest BCUT2D eigenvalue weighted by Crippen LogP contribution is 2.35. The van der Waals surface area contributed by atoms with Gasteiger partial charge in [0, 0.05) is 24.8 Å². The van der Waals surface area contributed by atoms with Crippen molar-refractivity contribution in [3.63, 3.8) is 0 Å². The van der Waals surface area contributed by atoms with E-state index in [1.807, 2.05) is 11.0 Å². The second kappa shape index (κ2) is 6.54. The number of hydrogen-bond acceptors (Lipinski definition) is 5. The van der Waals surface area contributed by atoms with Crippen molar-refractivity contribution in [2.45, 2.75) is 13.0 Å². The number of aromatic nitrogens is 2. The third-order valence-corrected chi connectivity index (χ3v) is 5.23. The molecule has 4 rings (SSSR count). The van der Waals surface area contributed by atoms with Crippen molar-refractivity contribution < 1.29 is 5.11 Å². The van der Waals surface area contributed by atoms with Gasteiger partial charge in [-0.3, -0.25) is 9.78 Å². The summed E-state index contributed by atoms with van der Waals surface area (Å²) in [7, 11) is 0. The molecular formula is C19H14Cl2N4O2. The lowest BCUT2D eigenvalue weighted by atomic mass is 10.1. The summed E-state index contributed by atoms with van der Waals surface area (Å²) in [5, 5.41) is 19.8. The van der Waals surface area contributed by atoms with Gasteiger partial charge in [0.1, 0.15) is 0 Å². The number of nitrogens with zero attached hydrogens (tertiary/aromatic N) is 4. The van der Waals surface area contributed by atoms with Crippen molar-refractivity contribution in [3.8, 4) is 11.8 Å². The first kappa shape index (κ1) is 17.8. The average Bonchev–Trinajstić information content (AvgIpc) is 2.60. The highest BCUT2D eigenvalue weighted by atomic mass is 35.5. The highest BCUT2D eigenvalue weighted by molar-refractivity contribution is 6.38. The molecule has 1 saturated heterocycles. The molecule has 1 aliphatic rings. The van der Waals surface area contributed by atoms with Crippen LogP contribution < -0.4 is 10.3 Å². The fourth-order valence-electron chi connectivity index (χ4n) is 3.41. The quantitative estimate of drug-likeness (QED) is 0.714. The van der Waals surface area contributed by atoms with E-state index in [9.17, 15) is 9.90 Å². The molecule has 0 aliphatic carbocycles. The maximum atomic E-state index is 12.8. The Balaban J connectivity index is 2.05. The smallest absolute Gasteiger partial charge is 0.191 e. The van der Waals surface area contributed by atoms with Crippen LogP contribution in [0.1, 0.15) is 11.3 Å². The van der Waals surface area contributed by atoms with Gasteiger partial charge in [-0.25, -0.2) is 0 Å². The summed E-state index contributed by atoms with van der Waals surface area (Å²) in [6.45, 7) is 2.69. The number of aliphatic hydroxyl groups is 1. The van der Waals surface area contributed by atoms with Gasteiger partial charge in [0.2, 0.25) is 0 Å². The van der Waals surface area contributed by atoms with E-state index in [0.29, 0.717) is 56.7 Å². The molecule has 3 aromatic rings. The summed E-state index contributed by atoms with van der Waals surface area (Å²) < 4.78 is 1.77. The molecule has 8 heteroatoms. The standard InChI is InChI=1S/C19H14Cl2N4O2/c1-10-2-17(27)18-15(24-8-12(26)9-24)6-23-7-16(18)25(10)19-13(20)3-11(5-22)4-14(19)21/h2-4,6-7,12,26H,8-9H2,1H3. The zero-order valence-electron chi connectivity index (χ0n) is 14.3. The fourth-order valence-corrected chi connectivity index (χ4v) is 4.07. The van der Waals surface area contributed by atoms with Crippen LogP contribution in [0.25, 0.3) is 16.6 Å². The van der Waals surface area contributed by atoms with Crippen LogP contribution in [-0.4, -0.2) is 33.9 Å². The summed E-state index contributed by atoms with van der Waals surface area (Å²) in [4.78, 5) is 18.9. The van der Waals surface area contributed by atoms with Gasteiger partial charge in [-0.1, -0.05) is 23.2 Å². The van der Waals surface area contributed by atoms with Gasteiger partial charge in [0.25, 0.3) is 0 Å². The Labute approximate surface area is 164 Å². The van der Waals surface area contributed by atoms with Crippen molar-refractivity contribution in [1.29, 1.82) is 5.26 Å². The van der Waals surface area contributed by atoms with Crippen molar-refractivity contribution in [1.82, 2.24) is 9.55 Å². The number of fused-ring (bicyclic) bond motifs is 1. The van der Waals surface area contributed by atoms with Gasteiger partial charge in [0.05, 0.1) is 62.5 Å². The van der Waals surface area contributed by atoms with Crippen LogP contribution >= 0.6 is 23.2 Å². The summed E-state index contributed by atoms with van der Waals surface area (Å²) in [5.74, 6) is 0. The van der Waals surface area contributed by atoms with E-state index in [-0.39, 0.29) is 5.43 Å². The Kier molecular flexibility index (Phi) is 4.31. The number of anilines is 1. The predicted octanol–water partition coefficient (Wildman–Crippen LogP) is 3.05. The fraction of sp³-hybridized carbons (Fsp3) is 0.211. The van der Waals surface area contributed by atoms with Gasteiger partial charge in [-0.15, -0.1) is 0 Å². The van der Waals surface area contributed by atoms with E-state index in [2.05, 4.69) is 4.98 Å². The van der Waals surface area contributed by atoms with Crippen LogP contribution in [0.4, 0.5) is 5.69 Å². The summed E-state index contributed by atoms with van der Waals surface area (Å²) in [6.07, 6.45) is 2.81. The van der Waals surface area contributed by atoms with Gasteiger partial charge < -0.3 is 14.6 Å². The van der Waals surface area contributed by atoms with E-state index < -0.39 is 6.10 Å². The molecule has 0 spiro atoms. The lowest BCUT2D eigenvalue weighted by molar-refractivity contribution is 0.142. The maximum absolute atomic E-state index is 12.8. The van der Waals surface area contributed by atoms with E-state index >= 15 is 0 Å². The van der Waals surface area contributed by atoms with Crippen LogP contribution in [0.15, 0.2) is 35.4 Å². The lowest BCUT2D eigenvalue weighted by Gasteiger charge is -2.38. The molecule has 0 saturated carbocycles. The molecule has 27 heavy (non-hydrogen) atoms. The van der Waals surface area contributed by atoms with Gasteiger partial charge >= 0.3 is 0 Å². The molecule has 0 radical (unpaired) electrons. The van der Waals surface area contributed by atoms with Crippen molar-refractivity contribution in [2.24, 2.45) is 0 Å². The number of β-amino-alcohol motifs (C(OH)–C–C–N with tert-alkyl or cyclic N) is 1. The first-order valence-corrected chi connectivity index (χ1v) is 8.99. The van der Waals surface area contributed by atoms with Gasteiger partial charge in [-0.2, -0.15) is 5.26 Å². The van der Waals surface area contributed by atoms with Crippen LogP contribution in [0.3, 0.4) is 0 Å². The minimum Gasteiger partial charge on any atom is -0.389 e. The van der Waals surface area contributed by atoms with Crippen LogP contribution in [-0.2, 0) is 0 Å². The molecule has 1 fully saturated rings. The molecule has 0 atom stereocenters. The number of aliphatic hydroxyl groups excluding tert-OH is 1. The zero-order valence-corrected chi connectivity index (χ0v) is 15.8. The van der Waals surface area contributed by atoms with E-state index in [1.54, 1.807) is 23.9 Å². The van der Waals surface area contributed by atoms with Crippen LogP contribution in [0.5, 0.6) is 0 Å². The number of pyridine rings is 2. The topological polar surface area (TPSA) is 82.2 Å². The number of rotatable bonds is 2. The number of aryl methyl sites for hydroxylation is 1. The van der Waals surface area contributed by atoms with Gasteiger partial charge in [-0.05, 0) is 19.1 Å². The average molecular weight is 401 g/mol. The SMILES string of the molecule is Cc1cc(=O)c2c(N3CC(O)C3)cncc2n1-c1c(Cl)cc(C#N)cc1Cl. The second-order valence-electron chi connectivity index (χ2n) is 6.50. The zero-order chi connectivity index (χ0) is 19.3. The van der Waals surface area contributed by atoms with E-state index in [4.69, 9.17) is 28.5 Å². The molecular weight excluding hydrogens is 387 g/mol. The second-order valence-corrected chi connectivity index (χ2v) is 7.31. The van der Waals surface area contributed by atoms with Crippen molar-refractivity contribution in [3.05, 3.63) is 62.1 Å². The minimum absolute atomic E-state index is 0.140. The molecule has 3 heterocycles. The Morgan fingerprint density at radius 3 is 2.48 bits per heavy atom. The number of halogens is 2. The molecule has 0 amide bonds. The molecule has 136 valence electrons. The van der Waals surface area contributed by atoms with E-state index in [1.165, 1.54) is 18.2 Å². The Morgan fingerprint density at radius 1 is 1.22 bits per heavy atom. The first-order chi connectivity index (χ1) is 12.9. The molecule has 0 bridgehead atoms. The Morgan fingerprint density at radius 2 is 1.89 bits per heavy atom. The number of hydrogen-bond donors (Lipinski definition) is 1. The van der Waals surface area contributed by atoms with Gasteiger partial charge in [0.15, 0.2) is 5.43 Å². The monoisotopic (exact) mass is 400 g/mol. The molecule has 6 nitrogen and oxygen atoms in total. The largest absolute Gasteiger partial charge is 0.389 e. The molecule has 1 aromatic carbocycles. The molecule has 0 unspecified atom stereocenters. The summed E-state index contributed by atoms with van der Waals surface area (Å²) in [5.41, 5.74) is 2.57. The third-order valence-electron chi connectivity index (χ3n) is 4.66. The first-order valence-electron chi connectivity index (χ1n) is 8.23. The predicted molar refractivity (Wildman–Crippen MR) is 105 cm³/mol. The molecule has 1 aliphatic heterocycles. The molecule has 2 aromatic heterocycles.